The summed E-state index contributed by atoms with van der Waals surface area (Å²) in [5.41, 5.74) is 2.84. The van der Waals surface area contributed by atoms with E-state index in [1.54, 1.807) is 12.3 Å². The van der Waals surface area contributed by atoms with Gasteiger partial charge in [0.15, 0.2) is 0 Å². The third kappa shape index (κ3) is 3.24. The van der Waals surface area contributed by atoms with E-state index < -0.39 is 0 Å². The van der Waals surface area contributed by atoms with Crippen molar-refractivity contribution in [3.63, 3.8) is 0 Å². The summed E-state index contributed by atoms with van der Waals surface area (Å²) in [4.78, 5) is 7.66. The van der Waals surface area contributed by atoms with Gasteiger partial charge in [0, 0.05) is 17.0 Å². The van der Waals surface area contributed by atoms with Crippen LogP contribution >= 0.6 is 34.8 Å². The number of aromatic nitrogens is 2. The molecule has 5 heteroatoms. The molecular weight excluding hydrogens is 327 g/mol. The van der Waals surface area contributed by atoms with Crippen LogP contribution in [0.3, 0.4) is 0 Å². The van der Waals surface area contributed by atoms with Gasteiger partial charge in [-0.15, -0.1) is 0 Å². The molecule has 0 spiro atoms. The summed E-state index contributed by atoms with van der Waals surface area (Å²) in [6.07, 6.45) is 2.47. The van der Waals surface area contributed by atoms with Gasteiger partial charge in [-0.1, -0.05) is 59.1 Å². The topological polar surface area (TPSA) is 28.7 Å². The molecule has 106 valence electrons. The van der Waals surface area contributed by atoms with Gasteiger partial charge in [-0.25, -0.2) is 4.98 Å². The normalized spacial score (nSPS) is 10.8. The quantitative estimate of drug-likeness (QED) is 0.659. The molecule has 0 aliphatic carbocycles. The van der Waals surface area contributed by atoms with E-state index in [1.165, 1.54) is 0 Å². The monoisotopic (exact) mass is 336 g/mol. The van der Waals surface area contributed by atoms with Crippen LogP contribution < -0.4 is 0 Å². The smallest absolute Gasteiger partial charge is 0.110 e. The minimum absolute atomic E-state index is 0.529. The van der Waals surface area contributed by atoms with Crippen LogP contribution in [0.15, 0.2) is 48.7 Å². The molecule has 1 N–H and O–H groups in total. The predicted octanol–water partition coefficient (Wildman–Crippen LogP) is 5.63. The van der Waals surface area contributed by atoms with E-state index in [1.807, 2.05) is 36.4 Å². The van der Waals surface area contributed by atoms with Gasteiger partial charge in [-0.05, 0) is 23.8 Å². The van der Waals surface area contributed by atoms with Crippen molar-refractivity contribution in [1.82, 2.24) is 9.97 Å². The lowest BCUT2D eigenvalue weighted by atomic mass is 10.1. The zero-order valence-electron chi connectivity index (χ0n) is 10.9. The number of hydrogen-bond donors (Lipinski definition) is 1. The van der Waals surface area contributed by atoms with E-state index in [0.29, 0.717) is 16.5 Å². The molecule has 1 heterocycles. The van der Waals surface area contributed by atoms with Crippen molar-refractivity contribution >= 4 is 34.8 Å². The summed E-state index contributed by atoms with van der Waals surface area (Å²) in [6, 6.07) is 13.2. The summed E-state index contributed by atoms with van der Waals surface area (Å²) in [5, 5.41) is 1.79. The molecule has 0 radical (unpaired) electrons. The van der Waals surface area contributed by atoms with Crippen LogP contribution in [-0.2, 0) is 6.42 Å². The Balaban J connectivity index is 1.86. The summed E-state index contributed by atoms with van der Waals surface area (Å²) < 4.78 is 0. The lowest BCUT2D eigenvalue weighted by Crippen LogP contribution is -1.90. The number of aromatic amines is 1. The largest absolute Gasteiger partial charge is 0.342 e. The first-order valence-electron chi connectivity index (χ1n) is 6.36. The van der Waals surface area contributed by atoms with Crippen LogP contribution in [0.2, 0.25) is 15.1 Å². The second-order valence-electron chi connectivity index (χ2n) is 4.65. The molecule has 3 rings (SSSR count). The van der Waals surface area contributed by atoms with Crippen LogP contribution in [0.5, 0.6) is 0 Å². The average Bonchev–Trinajstić information content (AvgIpc) is 2.93. The number of rotatable bonds is 3. The highest BCUT2D eigenvalue weighted by molar-refractivity contribution is 6.43. The summed E-state index contributed by atoms with van der Waals surface area (Å²) in [5.74, 6) is 0.864. The first kappa shape index (κ1) is 14.5. The minimum atomic E-state index is 0.529. The van der Waals surface area contributed by atoms with E-state index in [-0.39, 0.29) is 0 Å². The molecule has 2 nitrogen and oxygen atoms in total. The van der Waals surface area contributed by atoms with Crippen molar-refractivity contribution in [2.75, 3.05) is 0 Å². The van der Waals surface area contributed by atoms with Crippen LogP contribution in [0, 0.1) is 0 Å². The molecule has 0 aliphatic heterocycles. The van der Waals surface area contributed by atoms with Crippen molar-refractivity contribution in [1.29, 1.82) is 0 Å². The van der Waals surface area contributed by atoms with Gasteiger partial charge >= 0.3 is 0 Å². The maximum absolute atomic E-state index is 6.22. The Hall–Kier alpha value is -1.48. The fraction of sp³-hybridized carbons (Fsp3) is 0.0625. The van der Waals surface area contributed by atoms with Crippen molar-refractivity contribution in [3.8, 4) is 11.3 Å². The molecule has 0 fully saturated rings. The third-order valence-electron chi connectivity index (χ3n) is 3.16. The van der Waals surface area contributed by atoms with Crippen LogP contribution in [-0.4, -0.2) is 9.97 Å². The molecule has 0 amide bonds. The lowest BCUT2D eigenvalue weighted by molar-refractivity contribution is 1.03. The highest BCUT2D eigenvalue weighted by Gasteiger charge is 2.10. The van der Waals surface area contributed by atoms with Gasteiger partial charge in [0.05, 0.1) is 21.9 Å². The molecule has 21 heavy (non-hydrogen) atoms. The molecule has 0 unspecified atom stereocenters. The number of imidazole rings is 1. The van der Waals surface area contributed by atoms with Gasteiger partial charge in [0.25, 0.3) is 0 Å². The molecule has 1 aromatic heterocycles. The molecule has 2 aromatic carbocycles. The highest BCUT2D eigenvalue weighted by Crippen LogP contribution is 2.32. The summed E-state index contributed by atoms with van der Waals surface area (Å²) in [7, 11) is 0. The van der Waals surface area contributed by atoms with E-state index in [0.717, 1.165) is 27.7 Å². The number of halogens is 3. The molecule has 3 aromatic rings. The summed E-state index contributed by atoms with van der Waals surface area (Å²) >= 11 is 18.1. The van der Waals surface area contributed by atoms with Gasteiger partial charge in [0.1, 0.15) is 5.82 Å². The average molecular weight is 338 g/mol. The number of hydrogen-bond acceptors (Lipinski definition) is 1. The Morgan fingerprint density at radius 1 is 0.952 bits per heavy atom. The van der Waals surface area contributed by atoms with Crippen molar-refractivity contribution in [3.05, 3.63) is 75.1 Å². The maximum atomic E-state index is 6.22. The van der Waals surface area contributed by atoms with Gasteiger partial charge in [-0.2, -0.15) is 0 Å². The molecule has 0 atom stereocenters. The second-order valence-corrected chi connectivity index (χ2v) is 5.87. The first-order valence-corrected chi connectivity index (χ1v) is 7.49. The Bertz CT molecular complexity index is 763. The SMILES string of the molecule is Clc1ccc(Cc2ncc(-c3cccc(Cl)c3Cl)[nH]2)cc1. The predicted molar refractivity (Wildman–Crippen MR) is 88.3 cm³/mol. The molecule has 0 saturated heterocycles. The van der Waals surface area contributed by atoms with Crippen LogP contribution in [0.1, 0.15) is 11.4 Å². The van der Waals surface area contributed by atoms with Gasteiger partial charge in [-0.3, -0.25) is 0 Å². The van der Waals surface area contributed by atoms with E-state index in [9.17, 15) is 0 Å². The zero-order valence-corrected chi connectivity index (χ0v) is 13.2. The Morgan fingerprint density at radius 2 is 1.71 bits per heavy atom. The van der Waals surface area contributed by atoms with E-state index in [4.69, 9.17) is 34.8 Å². The molecule has 0 bridgehead atoms. The lowest BCUT2D eigenvalue weighted by Gasteiger charge is -2.03. The molecule has 0 aliphatic rings. The third-order valence-corrected chi connectivity index (χ3v) is 4.23. The Kier molecular flexibility index (Phi) is 4.20. The fourth-order valence-electron chi connectivity index (χ4n) is 2.10. The second kappa shape index (κ2) is 6.10. The van der Waals surface area contributed by atoms with Crippen LogP contribution in [0.4, 0.5) is 0 Å². The molecule has 0 saturated carbocycles. The summed E-state index contributed by atoms with van der Waals surface area (Å²) in [6.45, 7) is 0. The van der Waals surface area contributed by atoms with Crippen LogP contribution in [0.25, 0.3) is 11.3 Å². The van der Waals surface area contributed by atoms with Crippen molar-refractivity contribution in [2.24, 2.45) is 0 Å². The van der Waals surface area contributed by atoms with E-state index in [2.05, 4.69) is 9.97 Å². The molecular formula is C16H11Cl3N2. The number of nitrogens with zero attached hydrogens (tertiary/aromatic N) is 1. The number of H-pyrrole nitrogens is 1. The minimum Gasteiger partial charge on any atom is -0.342 e. The maximum Gasteiger partial charge on any atom is 0.110 e. The Labute approximate surface area is 137 Å². The van der Waals surface area contributed by atoms with Crippen molar-refractivity contribution < 1.29 is 0 Å². The number of benzene rings is 2. The first-order chi connectivity index (χ1) is 10.1. The van der Waals surface area contributed by atoms with Gasteiger partial charge < -0.3 is 4.98 Å². The van der Waals surface area contributed by atoms with Crippen molar-refractivity contribution in [2.45, 2.75) is 6.42 Å². The fourth-order valence-corrected chi connectivity index (χ4v) is 2.62. The number of nitrogens with one attached hydrogen (secondary N) is 1. The zero-order chi connectivity index (χ0) is 14.8. The van der Waals surface area contributed by atoms with Gasteiger partial charge in [0.2, 0.25) is 0 Å². The highest BCUT2D eigenvalue weighted by atomic mass is 35.5. The van der Waals surface area contributed by atoms with E-state index >= 15 is 0 Å². The Morgan fingerprint density at radius 3 is 2.48 bits per heavy atom. The standard InChI is InChI=1S/C16H11Cl3N2/c17-11-6-4-10(5-7-11)8-15-20-9-14(21-15)12-2-1-3-13(18)16(12)19/h1-7,9H,8H2,(H,20,21).